The lowest BCUT2D eigenvalue weighted by atomic mass is 10.1. The fourth-order valence-corrected chi connectivity index (χ4v) is 6.17. The van der Waals surface area contributed by atoms with Crippen LogP contribution in [0.2, 0.25) is 0 Å². The van der Waals surface area contributed by atoms with Crippen LogP contribution in [-0.2, 0) is 36.1 Å². The molecule has 12 heteroatoms. The fourth-order valence-electron chi connectivity index (χ4n) is 4.05. The van der Waals surface area contributed by atoms with Gasteiger partial charge in [0.25, 0.3) is 5.91 Å². The summed E-state index contributed by atoms with van der Waals surface area (Å²) in [6.45, 7) is -0.142. The van der Waals surface area contributed by atoms with Crippen molar-refractivity contribution in [3.8, 4) is 6.07 Å². The molecule has 1 unspecified atom stereocenters. The molecule has 190 valence electrons. The van der Waals surface area contributed by atoms with Crippen LogP contribution in [0.25, 0.3) is 0 Å². The Morgan fingerprint density at radius 2 is 1.51 bits per heavy atom. The third-order valence-corrected chi connectivity index (χ3v) is 8.80. The first-order chi connectivity index (χ1) is 17.5. The maximum atomic E-state index is 13.6. The van der Waals surface area contributed by atoms with Crippen LogP contribution in [-0.4, -0.2) is 45.5 Å². The SMILES string of the molecule is N#Cc1ccc(N2C(=O)CC(N(CCc3ccc(S(N)(=O)=O)cc3)S(=O)(=O)c3ccccc3)C2=O)cc1. The molecule has 1 aliphatic heterocycles. The van der Waals surface area contributed by atoms with Gasteiger partial charge in [-0.25, -0.2) is 26.9 Å². The molecule has 1 heterocycles. The number of amides is 2. The zero-order valence-electron chi connectivity index (χ0n) is 19.4. The van der Waals surface area contributed by atoms with E-state index >= 15 is 0 Å². The van der Waals surface area contributed by atoms with Gasteiger partial charge in [-0.1, -0.05) is 30.3 Å². The topological polar surface area (TPSA) is 159 Å². The maximum absolute atomic E-state index is 13.6. The van der Waals surface area contributed by atoms with Gasteiger partial charge in [0.2, 0.25) is 26.0 Å². The van der Waals surface area contributed by atoms with Gasteiger partial charge < -0.3 is 0 Å². The normalized spacial score (nSPS) is 16.2. The van der Waals surface area contributed by atoms with E-state index < -0.39 is 37.9 Å². The average molecular weight is 539 g/mol. The first-order valence-corrected chi connectivity index (χ1v) is 14.1. The van der Waals surface area contributed by atoms with Gasteiger partial charge in [0.15, 0.2) is 0 Å². The highest BCUT2D eigenvalue weighted by molar-refractivity contribution is 7.89. The molecular formula is C25H22N4O6S2. The summed E-state index contributed by atoms with van der Waals surface area (Å²) in [6.07, 6.45) is -0.207. The number of primary sulfonamides is 1. The Kier molecular flexibility index (Phi) is 7.24. The summed E-state index contributed by atoms with van der Waals surface area (Å²) in [5.74, 6) is -1.26. The van der Waals surface area contributed by atoms with Gasteiger partial charge in [-0.15, -0.1) is 0 Å². The molecule has 1 atom stereocenters. The van der Waals surface area contributed by atoms with Crippen molar-refractivity contribution in [3.05, 3.63) is 90.0 Å². The highest BCUT2D eigenvalue weighted by Gasteiger charge is 2.46. The number of carbonyl (C=O) groups is 2. The molecule has 3 aromatic carbocycles. The molecule has 10 nitrogen and oxygen atoms in total. The van der Waals surface area contributed by atoms with Crippen molar-refractivity contribution in [2.45, 2.75) is 28.7 Å². The Labute approximate surface area is 214 Å². The number of nitriles is 1. The molecule has 0 aliphatic carbocycles. The average Bonchev–Trinajstić information content (AvgIpc) is 3.17. The van der Waals surface area contributed by atoms with Gasteiger partial charge in [-0.05, 0) is 60.5 Å². The predicted octanol–water partition coefficient (Wildman–Crippen LogP) is 1.77. The second kappa shape index (κ2) is 10.2. The fraction of sp³-hybridized carbons (Fsp3) is 0.160. The quantitative estimate of drug-likeness (QED) is 0.428. The molecule has 1 fully saturated rings. The number of sulfonamides is 2. The monoisotopic (exact) mass is 538 g/mol. The number of hydrogen-bond donors (Lipinski definition) is 1. The van der Waals surface area contributed by atoms with Gasteiger partial charge in [-0.2, -0.15) is 9.57 Å². The Hall–Kier alpha value is -3.89. The van der Waals surface area contributed by atoms with E-state index in [1.54, 1.807) is 18.2 Å². The lowest BCUT2D eigenvalue weighted by molar-refractivity contribution is -0.122. The number of imide groups is 1. The summed E-state index contributed by atoms with van der Waals surface area (Å²) in [6, 6.07) is 19.8. The molecule has 0 bridgehead atoms. The minimum atomic E-state index is -4.18. The van der Waals surface area contributed by atoms with Crippen LogP contribution in [0.5, 0.6) is 0 Å². The first-order valence-electron chi connectivity index (χ1n) is 11.1. The summed E-state index contributed by atoms with van der Waals surface area (Å²) < 4.78 is 51.3. The zero-order chi connectivity index (χ0) is 26.8. The van der Waals surface area contributed by atoms with Crippen molar-refractivity contribution in [2.24, 2.45) is 5.14 Å². The highest BCUT2D eigenvalue weighted by Crippen LogP contribution is 2.30. The molecule has 2 N–H and O–H groups in total. The molecule has 0 aromatic heterocycles. The lowest BCUT2D eigenvalue weighted by Gasteiger charge is -2.27. The van der Waals surface area contributed by atoms with Crippen molar-refractivity contribution in [1.29, 1.82) is 5.26 Å². The third-order valence-electron chi connectivity index (χ3n) is 5.95. The number of rotatable bonds is 8. The standard InChI is InChI=1S/C25H22N4O6S2/c26-17-19-6-10-20(11-7-19)29-24(30)16-23(25(29)31)28(37(34,35)22-4-2-1-3-5-22)15-14-18-8-12-21(13-9-18)36(27,32)33/h1-13,23H,14-16H2,(H2,27,32,33). The molecule has 2 amide bonds. The van der Waals surface area contributed by atoms with Crippen LogP contribution in [0.15, 0.2) is 88.7 Å². The largest absolute Gasteiger partial charge is 0.274 e. The molecule has 0 saturated carbocycles. The minimum Gasteiger partial charge on any atom is -0.274 e. The molecule has 1 saturated heterocycles. The molecule has 4 rings (SSSR count). The summed E-state index contributed by atoms with van der Waals surface area (Å²) >= 11 is 0. The molecule has 3 aromatic rings. The van der Waals surface area contributed by atoms with Gasteiger partial charge in [0.1, 0.15) is 6.04 Å². The summed E-state index contributed by atoms with van der Waals surface area (Å²) in [5.41, 5.74) is 1.20. The van der Waals surface area contributed by atoms with Gasteiger partial charge >= 0.3 is 0 Å². The Balaban J connectivity index is 1.66. The van der Waals surface area contributed by atoms with E-state index in [1.165, 1.54) is 60.7 Å². The molecule has 1 aliphatic rings. The molecular weight excluding hydrogens is 516 g/mol. The number of nitrogens with zero attached hydrogens (tertiary/aromatic N) is 3. The number of anilines is 1. The molecule has 37 heavy (non-hydrogen) atoms. The Bertz CT molecular complexity index is 1580. The van der Waals surface area contributed by atoms with Crippen LogP contribution >= 0.6 is 0 Å². The summed E-state index contributed by atoms with van der Waals surface area (Å²) in [4.78, 5) is 27.1. The Morgan fingerprint density at radius 3 is 2.08 bits per heavy atom. The van der Waals surface area contributed by atoms with Crippen LogP contribution < -0.4 is 10.0 Å². The van der Waals surface area contributed by atoms with Crippen molar-refractivity contribution < 1.29 is 26.4 Å². The minimum absolute atomic E-state index is 0.0309. The van der Waals surface area contributed by atoms with Crippen molar-refractivity contribution >= 4 is 37.5 Å². The third kappa shape index (κ3) is 5.45. The number of hydrogen-bond acceptors (Lipinski definition) is 7. The van der Waals surface area contributed by atoms with Crippen LogP contribution in [0.3, 0.4) is 0 Å². The van der Waals surface area contributed by atoms with E-state index in [0.29, 0.717) is 11.1 Å². The van der Waals surface area contributed by atoms with Crippen molar-refractivity contribution in [3.63, 3.8) is 0 Å². The number of nitrogens with two attached hydrogens (primary N) is 1. The lowest BCUT2D eigenvalue weighted by Crippen LogP contribution is -2.46. The summed E-state index contributed by atoms with van der Waals surface area (Å²) in [5, 5.41) is 14.1. The van der Waals surface area contributed by atoms with E-state index in [1.807, 2.05) is 6.07 Å². The van der Waals surface area contributed by atoms with E-state index in [9.17, 15) is 26.4 Å². The van der Waals surface area contributed by atoms with Crippen molar-refractivity contribution in [2.75, 3.05) is 11.4 Å². The summed E-state index contributed by atoms with van der Waals surface area (Å²) in [7, 11) is -8.07. The van der Waals surface area contributed by atoms with Crippen LogP contribution in [0.1, 0.15) is 17.5 Å². The van der Waals surface area contributed by atoms with Crippen LogP contribution in [0.4, 0.5) is 5.69 Å². The van der Waals surface area contributed by atoms with Gasteiger partial charge in [-0.3, -0.25) is 9.59 Å². The van der Waals surface area contributed by atoms with E-state index in [0.717, 1.165) is 9.21 Å². The number of carbonyl (C=O) groups excluding carboxylic acids is 2. The Morgan fingerprint density at radius 1 is 0.892 bits per heavy atom. The van der Waals surface area contributed by atoms with Gasteiger partial charge in [0.05, 0.1) is 33.5 Å². The first kappa shape index (κ1) is 26.2. The smallest absolute Gasteiger partial charge is 0.252 e. The molecule has 0 radical (unpaired) electrons. The maximum Gasteiger partial charge on any atom is 0.252 e. The second-order valence-corrected chi connectivity index (χ2v) is 11.8. The van der Waals surface area contributed by atoms with Crippen LogP contribution in [0, 0.1) is 11.3 Å². The number of benzene rings is 3. The van der Waals surface area contributed by atoms with E-state index in [2.05, 4.69) is 0 Å². The van der Waals surface area contributed by atoms with E-state index in [-0.39, 0.29) is 34.9 Å². The predicted molar refractivity (Wildman–Crippen MR) is 134 cm³/mol. The van der Waals surface area contributed by atoms with E-state index in [4.69, 9.17) is 10.4 Å². The zero-order valence-corrected chi connectivity index (χ0v) is 21.0. The van der Waals surface area contributed by atoms with Gasteiger partial charge in [0, 0.05) is 6.54 Å². The molecule has 0 spiro atoms. The van der Waals surface area contributed by atoms with Crippen molar-refractivity contribution in [1.82, 2.24) is 4.31 Å². The highest BCUT2D eigenvalue weighted by atomic mass is 32.2. The second-order valence-electron chi connectivity index (χ2n) is 8.31.